The zero-order valence-corrected chi connectivity index (χ0v) is 11.0. The molecule has 0 heterocycles. The van der Waals surface area contributed by atoms with E-state index in [1.54, 1.807) is 27.7 Å². The summed E-state index contributed by atoms with van der Waals surface area (Å²) < 4.78 is 18.0. The number of carbonyl (C=O) groups excluding carboxylic acids is 1. The molecule has 1 amide bonds. The molecule has 0 aliphatic carbocycles. The van der Waals surface area contributed by atoms with Gasteiger partial charge in [-0.2, -0.15) is 0 Å². The van der Waals surface area contributed by atoms with E-state index in [9.17, 15) is 14.3 Å². The number of phenolic OH excluding ortho intramolecular Hbond substituents is 1. The molecule has 18 heavy (non-hydrogen) atoms. The van der Waals surface area contributed by atoms with Crippen molar-refractivity contribution in [3.63, 3.8) is 0 Å². The number of halogens is 1. The van der Waals surface area contributed by atoms with Crippen LogP contribution in [0.4, 0.5) is 9.18 Å². The molecule has 0 saturated carbocycles. The minimum absolute atomic E-state index is 0.383. The number of alkyl carbamates (subject to hydrolysis) is 1. The number of aromatic hydroxyl groups is 1. The van der Waals surface area contributed by atoms with Gasteiger partial charge < -0.3 is 15.2 Å². The molecule has 0 aromatic heterocycles. The molecular weight excluding hydrogens is 237 g/mol. The smallest absolute Gasteiger partial charge is 0.408 e. The van der Waals surface area contributed by atoms with E-state index in [-0.39, 0.29) is 6.04 Å². The second kappa shape index (κ2) is 5.25. The van der Waals surface area contributed by atoms with Gasteiger partial charge in [-0.1, -0.05) is 6.07 Å². The Labute approximate surface area is 106 Å². The maximum absolute atomic E-state index is 12.9. The van der Waals surface area contributed by atoms with Crippen LogP contribution in [0.25, 0.3) is 0 Å². The number of nitrogens with one attached hydrogen (secondary N) is 1. The highest BCUT2D eigenvalue weighted by atomic mass is 19.1. The molecule has 0 spiro atoms. The zero-order valence-electron chi connectivity index (χ0n) is 11.0. The Hall–Kier alpha value is -1.78. The summed E-state index contributed by atoms with van der Waals surface area (Å²) in [5, 5.41) is 11.9. The van der Waals surface area contributed by atoms with E-state index in [4.69, 9.17) is 4.74 Å². The number of phenols is 1. The van der Waals surface area contributed by atoms with Gasteiger partial charge in [0.05, 0.1) is 6.04 Å². The van der Waals surface area contributed by atoms with Crippen LogP contribution in [0.15, 0.2) is 18.2 Å². The van der Waals surface area contributed by atoms with Gasteiger partial charge in [0.1, 0.15) is 5.60 Å². The van der Waals surface area contributed by atoms with Gasteiger partial charge in [0.15, 0.2) is 11.6 Å². The summed E-state index contributed by atoms with van der Waals surface area (Å²) in [5.41, 5.74) is 0.0223. The van der Waals surface area contributed by atoms with E-state index in [2.05, 4.69) is 5.32 Å². The summed E-state index contributed by atoms with van der Waals surface area (Å²) in [7, 11) is 0. The average molecular weight is 255 g/mol. The van der Waals surface area contributed by atoms with Gasteiger partial charge in [-0.05, 0) is 45.4 Å². The number of hydrogen-bond donors (Lipinski definition) is 2. The topological polar surface area (TPSA) is 58.6 Å². The van der Waals surface area contributed by atoms with E-state index in [1.165, 1.54) is 12.1 Å². The molecule has 0 radical (unpaired) electrons. The highest BCUT2D eigenvalue weighted by molar-refractivity contribution is 5.68. The molecule has 2 N–H and O–H groups in total. The van der Waals surface area contributed by atoms with Crippen LogP contribution in [-0.4, -0.2) is 16.8 Å². The van der Waals surface area contributed by atoms with Crippen molar-refractivity contribution in [1.29, 1.82) is 0 Å². The molecule has 1 atom stereocenters. The van der Waals surface area contributed by atoms with E-state index < -0.39 is 23.3 Å². The van der Waals surface area contributed by atoms with Crippen molar-refractivity contribution in [3.8, 4) is 5.75 Å². The number of carbonyl (C=O) groups is 1. The third kappa shape index (κ3) is 4.24. The maximum Gasteiger partial charge on any atom is 0.408 e. The summed E-state index contributed by atoms with van der Waals surface area (Å²) in [5.74, 6) is -1.13. The molecule has 1 aromatic rings. The van der Waals surface area contributed by atoms with Gasteiger partial charge in [-0.3, -0.25) is 0 Å². The highest BCUT2D eigenvalue weighted by Gasteiger charge is 2.18. The van der Waals surface area contributed by atoms with Crippen LogP contribution in [0.3, 0.4) is 0 Å². The number of hydrogen-bond acceptors (Lipinski definition) is 3. The van der Waals surface area contributed by atoms with Crippen LogP contribution in [-0.2, 0) is 4.74 Å². The number of benzene rings is 1. The van der Waals surface area contributed by atoms with Crippen molar-refractivity contribution in [2.45, 2.75) is 39.3 Å². The predicted molar refractivity (Wildman–Crippen MR) is 65.8 cm³/mol. The standard InChI is InChI=1S/C13H18FNO3/c1-8(15-12(17)18-13(2,3)4)9-5-6-10(14)11(16)7-9/h5-8,16H,1-4H3,(H,15,17). The number of amides is 1. The molecule has 0 fully saturated rings. The second-order valence-electron chi connectivity index (χ2n) is 5.08. The van der Waals surface area contributed by atoms with E-state index in [0.29, 0.717) is 5.56 Å². The summed E-state index contributed by atoms with van der Waals surface area (Å²) in [6.07, 6.45) is -0.557. The maximum atomic E-state index is 12.9. The molecule has 100 valence electrons. The van der Waals surface area contributed by atoms with Crippen LogP contribution in [0.2, 0.25) is 0 Å². The van der Waals surface area contributed by atoms with Gasteiger partial charge in [0, 0.05) is 0 Å². The summed E-state index contributed by atoms with van der Waals surface area (Å²) in [6.45, 7) is 7.01. The first-order valence-corrected chi connectivity index (χ1v) is 5.67. The van der Waals surface area contributed by atoms with Gasteiger partial charge in [0.2, 0.25) is 0 Å². The molecular formula is C13H18FNO3. The van der Waals surface area contributed by atoms with Crippen molar-refractivity contribution in [2.75, 3.05) is 0 Å². The monoisotopic (exact) mass is 255 g/mol. The predicted octanol–water partition coefficient (Wildman–Crippen LogP) is 3.12. The Morgan fingerprint density at radius 1 is 1.44 bits per heavy atom. The van der Waals surface area contributed by atoms with Crippen LogP contribution in [0.1, 0.15) is 39.3 Å². The van der Waals surface area contributed by atoms with Gasteiger partial charge in [0.25, 0.3) is 0 Å². The summed E-state index contributed by atoms with van der Waals surface area (Å²) in [6, 6.07) is 3.54. The van der Waals surface area contributed by atoms with Crippen molar-refractivity contribution in [3.05, 3.63) is 29.6 Å². The lowest BCUT2D eigenvalue weighted by Crippen LogP contribution is -2.34. The third-order valence-electron chi connectivity index (χ3n) is 2.20. The van der Waals surface area contributed by atoms with Crippen LogP contribution >= 0.6 is 0 Å². The Morgan fingerprint density at radius 2 is 2.06 bits per heavy atom. The minimum Gasteiger partial charge on any atom is -0.505 e. The lowest BCUT2D eigenvalue weighted by atomic mass is 10.1. The molecule has 0 bridgehead atoms. The van der Waals surface area contributed by atoms with E-state index >= 15 is 0 Å². The Balaban J connectivity index is 2.68. The lowest BCUT2D eigenvalue weighted by Gasteiger charge is -2.22. The number of ether oxygens (including phenoxy) is 1. The van der Waals surface area contributed by atoms with Gasteiger partial charge >= 0.3 is 6.09 Å². The minimum atomic E-state index is -0.691. The normalized spacial score (nSPS) is 12.9. The fourth-order valence-electron chi connectivity index (χ4n) is 1.37. The Morgan fingerprint density at radius 3 is 2.56 bits per heavy atom. The molecule has 0 aliphatic rings. The SMILES string of the molecule is CC(NC(=O)OC(C)(C)C)c1ccc(F)c(O)c1. The van der Waals surface area contributed by atoms with Crippen LogP contribution in [0, 0.1) is 5.82 Å². The fraction of sp³-hybridized carbons (Fsp3) is 0.462. The van der Waals surface area contributed by atoms with Gasteiger partial charge in [-0.15, -0.1) is 0 Å². The van der Waals surface area contributed by atoms with Gasteiger partial charge in [-0.25, -0.2) is 9.18 Å². The lowest BCUT2D eigenvalue weighted by molar-refractivity contribution is 0.0508. The van der Waals surface area contributed by atoms with Crippen LogP contribution in [0.5, 0.6) is 5.75 Å². The van der Waals surface area contributed by atoms with Crippen molar-refractivity contribution < 1.29 is 19.0 Å². The molecule has 1 unspecified atom stereocenters. The average Bonchev–Trinajstić information content (AvgIpc) is 2.18. The molecule has 1 aromatic carbocycles. The van der Waals surface area contributed by atoms with E-state index in [0.717, 1.165) is 6.07 Å². The van der Waals surface area contributed by atoms with Crippen molar-refractivity contribution >= 4 is 6.09 Å². The second-order valence-corrected chi connectivity index (χ2v) is 5.08. The first-order valence-electron chi connectivity index (χ1n) is 5.67. The number of rotatable bonds is 2. The quantitative estimate of drug-likeness (QED) is 0.853. The molecule has 0 saturated heterocycles. The Bertz CT molecular complexity index is 440. The van der Waals surface area contributed by atoms with Crippen molar-refractivity contribution in [2.24, 2.45) is 0 Å². The molecule has 4 nitrogen and oxygen atoms in total. The van der Waals surface area contributed by atoms with E-state index in [1.807, 2.05) is 0 Å². The summed E-state index contributed by atoms with van der Waals surface area (Å²) >= 11 is 0. The molecule has 1 rings (SSSR count). The zero-order chi connectivity index (χ0) is 13.9. The first kappa shape index (κ1) is 14.3. The third-order valence-corrected chi connectivity index (χ3v) is 2.20. The molecule has 0 aliphatic heterocycles. The Kier molecular flexibility index (Phi) is 4.16. The first-order chi connectivity index (χ1) is 8.19. The molecule has 5 heteroatoms. The largest absolute Gasteiger partial charge is 0.505 e. The van der Waals surface area contributed by atoms with Crippen LogP contribution < -0.4 is 5.32 Å². The summed E-state index contributed by atoms with van der Waals surface area (Å²) in [4.78, 5) is 11.5. The highest BCUT2D eigenvalue weighted by Crippen LogP contribution is 2.21. The fourth-order valence-corrected chi connectivity index (χ4v) is 1.37. The van der Waals surface area contributed by atoms with Crippen molar-refractivity contribution in [1.82, 2.24) is 5.32 Å².